The van der Waals surface area contributed by atoms with Crippen molar-refractivity contribution in [3.05, 3.63) is 59.9 Å². The summed E-state index contributed by atoms with van der Waals surface area (Å²) >= 11 is 0. The van der Waals surface area contributed by atoms with Crippen molar-refractivity contribution in [2.24, 2.45) is 0 Å². The van der Waals surface area contributed by atoms with Crippen LogP contribution in [0.1, 0.15) is 29.4 Å². The van der Waals surface area contributed by atoms with Crippen LogP contribution >= 0.6 is 0 Å². The van der Waals surface area contributed by atoms with E-state index in [2.05, 4.69) is 5.32 Å². The molecule has 1 aromatic carbocycles. The highest BCUT2D eigenvalue weighted by Crippen LogP contribution is 2.08. The molecule has 0 bridgehead atoms. The van der Waals surface area contributed by atoms with E-state index in [9.17, 15) is 9.59 Å². The molecule has 2 aromatic rings. The third kappa shape index (κ3) is 4.21. The minimum atomic E-state index is -0.928. The fraction of sp³-hybridized carbons (Fsp3) is 0.250. The van der Waals surface area contributed by atoms with Crippen LogP contribution in [-0.2, 0) is 11.3 Å². The van der Waals surface area contributed by atoms with Gasteiger partial charge in [0.25, 0.3) is 5.91 Å². The summed E-state index contributed by atoms with van der Waals surface area (Å²) in [7, 11) is 0. The van der Waals surface area contributed by atoms with Crippen molar-refractivity contribution >= 4 is 11.9 Å². The van der Waals surface area contributed by atoms with Crippen molar-refractivity contribution in [2.45, 2.75) is 25.9 Å². The first kappa shape index (κ1) is 14.8. The lowest BCUT2D eigenvalue weighted by molar-refractivity contribution is -0.137. The van der Waals surface area contributed by atoms with E-state index >= 15 is 0 Å². The van der Waals surface area contributed by atoms with Gasteiger partial charge in [-0.1, -0.05) is 30.3 Å². The van der Waals surface area contributed by atoms with Crippen LogP contribution < -0.4 is 5.32 Å². The van der Waals surface area contributed by atoms with E-state index < -0.39 is 12.0 Å². The molecule has 0 aliphatic rings. The zero-order valence-electron chi connectivity index (χ0n) is 11.8. The predicted octanol–water partition coefficient (Wildman–Crippen LogP) is 2.13. The summed E-state index contributed by atoms with van der Waals surface area (Å²) in [6.45, 7) is 2.28. The number of carbonyl (C=O) groups is 2. The van der Waals surface area contributed by atoms with Gasteiger partial charge in [-0.05, 0) is 24.6 Å². The number of hydrogen-bond donors (Lipinski definition) is 2. The predicted molar refractivity (Wildman–Crippen MR) is 79.2 cm³/mol. The first-order valence-corrected chi connectivity index (χ1v) is 6.78. The minimum Gasteiger partial charge on any atom is -0.481 e. The molecule has 0 fully saturated rings. The molecule has 1 unspecified atom stereocenters. The Balaban J connectivity index is 2.06. The lowest BCUT2D eigenvalue weighted by atomic mass is 10.2. The molecule has 1 heterocycles. The van der Waals surface area contributed by atoms with E-state index in [4.69, 9.17) is 5.11 Å². The van der Waals surface area contributed by atoms with E-state index in [0.29, 0.717) is 12.2 Å². The molecule has 5 nitrogen and oxygen atoms in total. The first-order valence-electron chi connectivity index (χ1n) is 6.78. The van der Waals surface area contributed by atoms with Gasteiger partial charge in [0.1, 0.15) is 5.69 Å². The Hall–Kier alpha value is -2.56. The Morgan fingerprint density at radius 2 is 1.90 bits per heavy atom. The number of carboxylic acids is 1. The van der Waals surface area contributed by atoms with E-state index in [1.165, 1.54) is 0 Å². The zero-order valence-corrected chi connectivity index (χ0v) is 11.8. The number of nitrogens with zero attached hydrogens (tertiary/aromatic N) is 1. The highest BCUT2D eigenvalue weighted by atomic mass is 16.4. The molecule has 0 radical (unpaired) electrons. The second-order valence-electron chi connectivity index (χ2n) is 4.98. The van der Waals surface area contributed by atoms with Gasteiger partial charge in [-0.3, -0.25) is 9.59 Å². The van der Waals surface area contributed by atoms with E-state index in [1.807, 2.05) is 41.1 Å². The molecule has 110 valence electrons. The average molecular weight is 286 g/mol. The Labute approximate surface area is 123 Å². The molecular weight excluding hydrogens is 268 g/mol. The van der Waals surface area contributed by atoms with Gasteiger partial charge in [0.05, 0.1) is 6.42 Å². The summed E-state index contributed by atoms with van der Waals surface area (Å²) in [6.07, 6.45) is 1.74. The van der Waals surface area contributed by atoms with Gasteiger partial charge in [0.2, 0.25) is 0 Å². The van der Waals surface area contributed by atoms with Crippen molar-refractivity contribution in [3.8, 4) is 0 Å². The maximum atomic E-state index is 12.2. The summed E-state index contributed by atoms with van der Waals surface area (Å²) in [5.74, 6) is -1.19. The SMILES string of the molecule is CC(CC(=O)O)NC(=O)c1cccn1Cc1ccccc1. The Morgan fingerprint density at radius 3 is 2.57 bits per heavy atom. The highest BCUT2D eigenvalue weighted by Gasteiger charge is 2.15. The van der Waals surface area contributed by atoms with Crippen molar-refractivity contribution in [2.75, 3.05) is 0 Å². The molecule has 2 N–H and O–H groups in total. The molecule has 0 spiro atoms. The number of carbonyl (C=O) groups excluding carboxylic acids is 1. The number of nitrogens with one attached hydrogen (secondary N) is 1. The van der Waals surface area contributed by atoms with Crippen LogP contribution in [0.25, 0.3) is 0 Å². The molecule has 2 rings (SSSR count). The number of rotatable bonds is 6. The third-order valence-electron chi connectivity index (χ3n) is 3.12. The van der Waals surface area contributed by atoms with Crippen LogP contribution in [0.5, 0.6) is 0 Å². The van der Waals surface area contributed by atoms with Gasteiger partial charge in [-0.15, -0.1) is 0 Å². The number of amides is 1. The molecule has 0 saturated heterocycles. The van der Waals surface area contributed by atoms with E-state index in [1.54, 1.807) is 19.1 Å². The number of aliphatic carboxylic acids is 1. The van der Waals surface area contributed by atoms with Crippen molar-refractivity contribution in [3.63, 3.8) is 0 Å². The summed E-state index contributed by atoms with van der Waals surface area (Å²) < 4.78 is 1.85. The largest absolute Gasteiger partial charge is 0.481 e. The minimum absolute atomic E-state index is 0.0921. The van der Waals surface area contributed by atoms with Crippen LogP contribution in [0.2, 0.25) is 0 Å². The van der Waals surface area contributed by atoms with Crippen LogP contribution in [-0.4, -0.2) is 27.6 Å². The van der Waals surface area contributed by atoms with Gasteiger partial charge in [0.15, 0.2) is 0 Å². The fourth-order valence-electron chi connectivity index (χ4n) is 2.15. The number of carboxylic acid groups (broad SMARTS) is 1. The standard InChI is InChI=1S/C16H18N2O3/c1-12(10-15(19)20)17-16(21)14-8-5-9-18(14)11-13-6-3-2-4-7-13/h2-9,12H,10-11H2,1H3,(H,17,21)(H,19,20). The third-order valence-corrected chi connectivity index (χ3v) is 3.12. The second-order valence-corrected chi connectivity index (χ2v) is 4.98. The number of benzene rings is 1. The van der Waals surface area contributed by atoms with Gasteiger partial charge in [0, 0.05) is 18.8 Å². The number of hydrogen-bond acceptors (Lipinski definition) is 2. The van der Waals surface area contributed by atoms with Crippen molar-refractivity contribution in [1.82, 2.24) is 9.88 Å². The van der Waals surface area contributed by atoms with Gasteiger partial charge < -0.3 is 15.0 Å². The molecule has 1 amide bonds. The first-order chi connectivity index (χ1) is 10.1. The van der Waals surface area contributed by atoms with Crippen LogP contribution in [0.15, 0.2) is 48.7 Å². The van der Waals surface area contributed by atoms with E-state index in [0.717, 1.165) is 5.56 Å². The quantitative estimate of drug-likeness (QED) is 0.854. The molecular formula is C16H18N2O3. The topological polar surface area (TPSA) is 71.3 Å². The summed E-state index contributed by atoms with van der Waals surface area (Å²) in [5, 5.41) is 11.4. The van der Waals surface area contributed by atoms with Crippen LogP contribution in [0.4, 0.5) is 0 Å². The molecule has 0 aliphatic heterocycles. The van der Waals surface area contributed by atoms with E-state index in [-0.39, 0.29) is 12.3 Å². The maximum Gasteiger partial charge on any atom is 0.305 e. The average Bonchev–Trinajstić information content (AvgIpc) is 2.87. The summed E-state index contributed by atoms with van der Waals surface area (Å²) in [5.41, 5.74) is 1.62. The van der Waals surface area contributed by atoms with Crippen LogP contribution in [0, 0.1) is 0 Å². The monoisotopic (exact) mass is 286 g/mol. The van der Waals surface area contributed by atoms with Gasteiger partial charge in [-0.25, -0.2) is 0 Å². The Morgan fingerprint density at radius 1 is 1.19 bits per heavy atom. The molecule has 1 aromatic heterocycles. The normalized spacial score (nSPS) is 11.9. The maximum absolute atomic E-state index is 12.2. The number of aromatic nitrogens is 1. The smallest absolute Gasteiger partial charge is 0.305 e. The van der Waals surface area contributed by atoms with Gasteiger partial charge >= 0.3 is 5.97 Å². The molecule has 0 saturated carbocycles. The molecule has 1 atom stereocenters. The molecule has 0 aliphatic carbocycles. The fourth-order valence-corrected chi connectivity index (χ4v) is 2.15. The Kier molecular flexibility index (Phi) is 4.77. The summed E-state index contributed by atoms with van der Waals surface area (Å²) in [6, 6.07) is 13.0. The summed E-state index contributed by atoms with van der Waals surface area (Å²) in [4.78, 5) is 22.8. The lowest BCUT2D eigenvalue weighted by Crippen LogP contribution is -2.35. The lowest BCUT2D eigenvalue weighted by Gasteiger charge is -2.13. The van der Waals surface area contributed by atoms with Crippen molar-refractivity contribution < 1.29 is 14.7 Å². The highest BCUT2D eigenvalue weighted by molar-refractivity contribution is 5.93. The van der Waals surface area contributed by atoms with Gasteiger partial charge in [-0.2, -0.15) is 0 Å². The Bertz CT molecular complexity index is 619. The molecule has 5 heteroatoms. The second kappa shape index (κ2) is 6.74. The van der Waals surface area contributed by atoms with Crippen molar-refractivity contribution in [1.29, 1.82) is 0 Å². The molecule has 21 heavy (non-hydrogen) atoms. The van der Waals surface area contributed by atoms with Crippen LogP contribution in [0.3, 0.4) is 0 Å². The zero-order chi connectivity index (χ0) is 15.2.